The number of carbonyl (C=O) groups is 1. The smallest absolute Gasteiger partial charge is 0.282 e. The van der Waals surface area contributed by atoms with Crippen LogP contribution in [0.5, 0.6) is 5.75 Å². The Morgan fingerprint density at radius 3 is 2.61 bits per heavy atom. The lowest BCUT2D eigenvalue weighted by Crippen LogP contribution is -2.26. The van der Waals surface area contributed by atoms with E-state index in [1.165, 1.54) is 28.7 Å². The van der Waals surface area contributed by atoms with E-state index in [1.807, 2.05) is 54.6 Å². The van der Waals surface area contributed by atoms with Gasteiger partial charge in [0, 0.05) is 23.6 Å². The van der Waals surface area contributed by atoms with Gasteiger partial charge in [0.05, 0.1) is 19.4 Å². The van der Waals surface area contributed by atoms with E-state index in [1.54, 1.807) is 7.11 Å². The second-order valence-corrected chi connectivity index (χ2v) is 7.47. The highest BCUT2D eigenvalue weighted by Gasteiger charge is 2.16. The maximum absolute atomic E-state index is 13.2. The summed E-state index contributed by atoms with van der Waals surface area (Å²) in [4.78, 5) is 38.4. The van der Waals surface area contributed by atoms with Gasteiger partial charge >= 0.3 is 0 Å². The van der Waals surface area contributed by atoms with Gasteiger partial charge in [0.2, 0.25) is 5.91 Å². The monoisotopic (exact) mass is 433 g/mol. The van der Waals surface area contributed by atoms with Crippen molar-refractivity contribution in [3.63, 3.8) is 0 Å². The molecule has 8 nitrogen and oxygen atoms in total. The summed E-state index contributed by atoms with van der Waals surface area (Å²) >= 11 is 1.17. The molecule has 2 aromatic carbocycles. The van der Waals surface area contributed by atoms with Gasteiger partial charge in [-0.3, -0.25) is 14.2 Å². The van der Waals surface area contributed by atoms with Crippen LogP contribution in [-0.4, -0.2) is 38.3 Å². The molecular formula is C22H19N5O3S. The van der Waals surface area contributed by atoms with Crippen molar-refractivity contribution in [2.75, 3.05) is 18.2 Å². The Morgan fingerprint density at radius 2 is 1.81 bits per heavy atom. The number of methoxy groups -OCH3 is 1. The SMILES string of the molecule is COc1ccccc1Cn1c(SCC(=O)Nc2ccccc2)nc2nccnc2c1=O. The predicted molar refractivity (Wildman–Crippen MR) is 119 cm³/mol. The third-order valence-electron chi connectivity index (χ3n) is 4.47. The normalized spacial score (nSPS) is 10.7. The molecule has 9 heteroatoms. The number of benzene rings is 2. The van der Waals surface area contributed by atoms with Crippen LogP contribution in [0.15, 0.2) is 76.9 Å². The van der Waals surface area contributed by atoms with Gasteiger partial charge in [-0.1, -0.05) is 48.2 Å². The van der Waals surface area contributed by atoms with Gasteiger partial charge < -0.3 is 10.1 Å². The number of fused-ring (bicyclic) bond motifs is 1. The van der Waals surface area contributed by atoms with Crippen LogP contribution in [0.3, 0.4) is 0 Å². The summed E-state index contributed by atoms with van der Waals surface area (Å²) in [5, 5.41) is 3.21. The first-order valence-electron chi connectivity index (χ1n) is 9.47. The highest BCUT2D eigenvalue weighted by molar-refractivity contribution is 7.99. The van der Waals surface area contributed by atoms with E-state index in [9.17, 15) is 9.59 Å². The van der Waals surface area contributed by atoms with E-state index in [-0.39, 0.29) is 34.9 Å². The zero-order valence-corrected chi connectivity index (χ0v) is 17.5. The lowest BCUT2D eigenvalue weighted by atomic mass is 10.2. The highest BCUT2D eigenvalue weighted by Crippen LogP contribution is 2.22. The van der Waals surface area contributed by atoms with Crippen LogP contribution in [0.4, 0.5) is 5.69 Å². The van der Waals surface area contributed by atoms with E-state index in [4.69, 9.17) is 4.74 Å². The lowest BCUT2D eigenvalue weighted by Gasteiger charge is -2.14. The van der Waals surface area contributed by atoms with Gasteiger partial charge in [-0.25, -0.2) is 15.0 Å². The minimum absolute atomic E-state index is 0.0824. The quantitative estimate of drug-likeness (QED) is 0.353. The Hall–Kier alpha value is -3.72. The van der Waals surface area contributed by atoms with Crippen LogP contribution >= 0.6 is 11.8 Å². The van der Waals surface area contributed by atoms with Crippen LogP contribution in [0, 0.1) is 0 Å². The van der Waals surface area contributed by atoms with Crippen LogP contribution < -0.4 is 15.6 Å². The van der Waals surface area contributed by atoms with Crippen molar-refractivity contribution >= 4 is 34.5 Å². The molecule has 0 saturated heterocycles. The molecule has 0 atom stereocenters. The van der Waals surface area contributed by atoms with E-state index in [2.05, 4.69) is 20.3 Å². The Kier molecular flexibility index (Phi) is 6.23. The molecule has 156 valence electrons. The first kappa shape index (κ1) is 20.5. The fraction of sp³-hybridized carbons (Fsp3) is 0.136. The molecule has 0 aliphatic heterocycles. The van der Waals surface area contributed by atoms with Crippen molar-refractivity contribution < 1.29 is 9.53 Å². The summed E-state index contributed by atoms with van der Waals surface area (Å²) in [7, 11) is 1.58. The number of ether oxygens (including phenoxy) is 1. The average Bonchev–Trinajstić information content (AvgIpc) is 2.81. The number of hydrogen-bond acceptors (Lipinski definition) is 7. The standard InChI is InChI=1S/C22H19N5O3S/c1-30-17-10-6-5-7-15(17)13-27-21(29)19-20(24-12-11-23-19)26-22(27)31-14-18(28)25-16-8-3-2-4-9-16/h2-12H,13-14H2,1H3,(H,25,28). The van der Waals surface area contributed by atoms with Gasteiger partial charge in [-0.15, -0.1) is 0 Å². The molecule has 0 radical (unpaired) electrons. The summed E-state index contributed by atoms with van der Waals surface area (Å²) in [6, 6.07) is 16.6. The summed E-state index contributed by atoms with van der Waals surface area (Å²) < 4.78 is 6.91. The van der Waals surface area contributed by atoms with E-state index in [0.29, 0.717) is 16.6 Å². The number of nitrogens with zero attached hydrogens (tertiary/aromatic N) is 4. The van der Waals surface area contributed by atoms with Crippen molar-refractivity contribution in [1.29, 1.82) is 0 Å². The van der Waals surface area contributed by atoms with Gasteiger partial charge in [0.1, 0.15) is 5.75 Å². The van der Waals surface area contributed by atoms with Crippen molar-refractivity contribution in [2.24, 2.45) is 0 Å². The first-order chi connectivity index (χ1) is 15.2. The number of nitrogens with one attached hydrogen (secondary N) is 1. The minimum Gasteiger partial charge on any atom is -0.496 e. The maximum Gasteiger partial charge on any atom is 0.282 e. The molecule has 0 saturated carbocycles. The number of carbonyl (C=O) groups excluding carboxylic acids is 1. The summed E-state index contributed by atoms with van der Waals surface area (Å²) in [6.07, 6.45) is 2.94. The fourth-order valence-corrected chi connectivity index (χ4v) is 3.82. The maximum atomic E-state index is 13.2. The molecule has 1 amide bonds. The van der Waals surface area contributed by atoms with Crippen LogP contribution in [0.1, 0.15) is 5.56 Å². The highest BCUT2D eigenvalue weighted by atomic mass is 32.2. The molecule has 2 aromatic heterocycles. The lowest BCUT2D eigenvalue weighted by molar-refractivity contribution is -0.113. The third kappa shape index (κ3) is 4.72. The summed E-state index contributed by atoms with van der Waals surface area (Å²) in [6.45, 7) is 0.227. The first-order valence-corrected chi connectivity index (χ1v) is 10.5. The van der Waals surface area contributed by atoms with Crippen LogP contribution in [0.25, 0.3) is 11.2 Å². The number of aromatic nitrogens is 4. The summed E-state index contributed by atoms with van der Waals surface area (Å²) in [5.74, 6) is 0.541. The molecular weight excluding hydrogens is 414 g/mol. The van der Waals surface area contributed by atoms with Crippen LogP contribution in [0.2, 0.25) is 0 Å². The van der Waals surface area contributed by atoms with Crippen LogP contribution in [-0.2, 0) is 11.3 Å². The van der Waals surface area contributed by atoms with Crippen molar-refractivity contribution in [1.82, 2.24) is 19.5 Å². The number of thioether (sulfide) groups is 1. The minimum atomic E-state index is -0.324. The largest absolute Gasteiger partial charge is 0.496 e. The molecule has 0 spiro atoms. The Balaban J connectivity index is 1.65. The molecule has 0 fully saturated rings. The fourth-order valence-electron chi connectivity index (χ4n) is 3.03. The van der Waals surface area contributed by atoms with E-state index < -0.39 is 0 Å². The van der Waals surface area contributed by atoms with E-state index >= 15 is 0 Å². The van der Waals surface area contributed by atoms with Gasteiger partial charge in [0.25, 0.3) is 5.56 Å². The summed E-state index contributed by atoms with van der Waals surface area (Å²) in [5.41, 5.74) is 1.62. The molecule has 31 heavy (non-hydrogen) atoms. The average molecular weight is 433 g/mol. The molecule has 0 unspecified atom stereocenters. The molecule has 1 N–H and O–H groups in total. The zero-order chi connectivity index (χ0) is 21.6. The molecule has 4 aromatic rings. The molecule has 0 bridgehead atoms. The zero-order valence-electron chi connectivity index (χ0n) is 16.7. The number of rotatable bonds is 7. The van der Waals surface area contributed by atoms with Gasteiger partial charge in [0.15, 0.2) is 16.3 Å². The third-order valence-corrected chi connectivity index (χ3v) is 5.45. The molecule has 0 aliphatic carbocycles. The number of hydrogen-bond donors (Lipinski definition) is 1. The Morgan fingerprint density at radius 1 is 1.06 bits per heavy atom. The van der Waals surface area contributed by atoms with Crippen molar-refractivity contribution in [2.45, 2.75) is 11.7 Å². The second kappa shape index (κ2) is 9.40. The molecule has 2 heterocycles. The second-order valence-electron chi connectivity index (χ2n) is 6.53. The van der Waals surface area contributed by atoms with Gasteiger partial charge in [-0.2, -0.15) is 0 Å². The predicted octanol–water partition coefficient (Wildman–Crippen LogP) is 2.97. The topological polar surface area (TPSA) is 99.0 Å². The number of para-hydroxylation sites is 2. The number of amides is 1. The van der Waals surface area contributed by atoms with Crippen molar-refractivity contribution in [3.8, 4) is 5.75 Å². The van der Waals surface area contributed by atoms with E-state index in [0.717, 1.165) is 5.56 Å². The molecule has 0 aliphatic rings. The number of anilines is 1. The van der Waals surface area contributed by atoms with Crippen molar-refractivity contribution in [3.05, 3.63) is 82.9 Å². The Bertz CT molecular complexity index is 1280. The molecule has 4 rings (SSSR count). The Labute approximate surface area is 182 Å². The van der Waals surface area contributed by atoms with Gasteiger partial charge in [-0.05, 0) is 18.2 Å².